The fourth-order valence-corrected chi connectivity index (χ4v) is 2.13. The third-order valence-corrected chi connectivity index (χ3v) is 3.06. The zero-order valence-electron chi connectivity index (χ0n) is 10.9. The molecule has 0 amide bonds. The lowest BCUT2D eigenvalue weighted by Gasteiger charge is -2.08. The summed E-state index contributed by atoms with van der Waals surface area (Å²) in [7, 11) is 1.94. The molecule has 0 aliphatic carbocycles. The highest BCUT2D eigenvalue weighted by Gasteiger charge is 2.06. The lowest BCUT2D eigenvalue weighted by atomic mass is 10.2. The molecule has 5 heteroatoms. The average molecular weight is 265 g/mol. The first-order valence-electron chi connectivity index (χ1n) is 5.98. The van der Waals surface area contributed by atoms with Crippen LogP contribution in [0.3, 0.4) is 0 Å². The van der Waals surface area contributed by atoms with E-state index in [0.717, 1.165) is 30.0 Å². The van der Waals surface area contributed by atoms with Gasteiger partial charge in [-0.2, -0.15) is 5.10 Å². The van der Waals surface area contributed by atoms with E-state index in [1.165, 1.54) is 5.56 Å². The van der Waals surface area contributed by atoms with Gasteiger partial charge in [0.25, 0.3) is 0 Å². The Morgan fingerprint density at radius 3 is 2.83 bits per heavy atom. The van der Waals surface area contributed by atoms with E-state index < -0.39 is 0 Å². The smallest absolute Gasteiger partial charge is 0.129 e. The minimum atomic E-state index is 0.522. The SMILES string of the molecule is CCc1nn(C)cc1CNc1ccc(Cl)nc1C. The molecule has 0 aliphatic heterocycles. The van der Waals surface area contributed by atoms with Crippen LogP contribution in [0.15, 0.2) is 18.3 Å². The molecule has 0 aliphatic rings. The molecule has 1 N–H and O–H groups in total. The average Bonchev–Trinajstić information content (AvgIpc) is 2.68. The van der Waals surface area contributed by atoms with Crippen molar-refractivity contribution in [1.29, 1.82) is 0 Å². The van der Waals surface area contributed by atoms with E-state index in [0.29, 0.717) is 5.15 Å². The van der Waals surface area contributed by atoms with E-state index in [-0.39, 0.29) is 0 Å². The number of aromatic nitrogens is 3. The van der Waals surface area contributed by atoms with Crippen LogP contribution in [0.25, 0.3) is 0 Å². The largest absolute Gasteiger partial charge is 0.379 e. The van der Waals surface area contributed by atoms with Gasteiger partial charge in [0.2, 0.25) is 0 Å². The van der Waals surface area contributed by atoms with E-state index in [1.807, 2.05) is 30.9 Å². The Kier molecular flexibility index (Phi) is 3.87. The van der Waals surface area contributed by atoms with Crippen molar-refractivity contribution in [3.8, 4) is 0 Å². The number of nitrogens with one attached hydrogen (secondary N) is 1. The summed E-state index contributed by atoms with van der Waals surface area (Å²) in [5.41, 5.74) is 4.26. The summed E-state index contributed by atoms with van der Waals surface area (Å²) < 4.78 is 1.85. The molecule has 2 heterocycles. The second kappa shape index (κ2) is 5.40. The van der Waals surface area contributed by atoms with Crippen LogP contribution in [-0.2, 0) is 20.0 Å². The zero-order chi connectivity index (χ0) is 13.1. The topological polar surface area (TPSA) is 42.7 Å². The molecule has 0 aromatic carbocycles. The molecule has 2 aromatic rings. The zero-order valence-corrected chi connectivity index (χ0v) is 11.6. The second-order valence-electron chi connectivity index (χ2n) is 4.25. The van der Waals surface area contributed by atoms with E-state index in [4.69, 9.17) is 11.6 Å². The van der Waals surface area contributed by atoms with Gasteiger partial charge in [0, 0.05) is 25.4 Å². The number of anilines is 1. The summed E-state index contributed by atoms with van der Waals surface area (Å²) in [5, 5.41) is 8.31. The number of halogens is 1. The first-order valence-corrected chi connectivity index (χ1v) is 6.36. The molecule has 2 aromatic heterocycles. The normalized spacial score (nSPS) is 10.7. The van der Waals surface area contributed by atoms with E-state index in [9.17, 15) is 0 Å². The molecule has 0 spiro atoms. The quantitative estimate of drug-likeness (QED) is 0.864. The molecule has 0 fully saturated rings. The summed E-state index contributed by atoms with van der Waals surface area (Å²) in [6.07, 6.45) is 2.99. The minimum absolute atomic E-state index is 0.522. The fourth-order valence-electron chi connectivity index (χ4n) is 1.94. The predicted molar refractivity (Wildman–Crippen MR) is 73.9 cm³/mol. The Balaban J connectivity index is 2.11. The van der Waals surface area contributed by atoms with Gasteiger partial charge in [-0.15, -0.1) is 0 Å². The highest BCUT2D eigenvalue weighted by molar-refractivity contribution is 6.29. The van der Waals surface area contributed by atoms with Crippen LogP contribution in [0.4, 0.5) is 5.69 Å². The van der Waals surface area contributed by atoms with Gasteiger partial charge in [-0.05, 0) is 25.5 Å². The Morgan fingerprint density at radius 1 is 1.39 bits per heavy atom. The van der Waals surface area contributed by atoms with Crippen LogP contribution in [-0.4, -0.2) is 14.8 Å². The molecule has 0 saturated heterocycles. The van der Waals surface area contributed by atoms with Gasteiger partial charge in [0.15, 0.2) is 0 Å². The number of rotatable bonds is 4. The van der Waals surface area contributed by atoms with Crippen molar-refractivity contribution >= 4 is 17.3 Å². The molecule has 0 unspecified atom stereocenters. The summed E-state index contributed by atoms with van der Waals surface area (Å²) in [6, 6.07) is 3.74. The van der Waals surface area contributed by atoms with Gasteiger partial charge < -0.3 is 5.32 Å². The molecule has 2 rings (SSSR count). The molecule has 0 atom stereocenters. The van der Waals surface area contributed by atoms with Crippen molar-refractivity contribution < 1.29 is 0 Å². The molecule has 0 radical (unpaired) electrons. The van der Waals surface area contributed by atoms with E-state index >= 15 is 0 Å². The van der Waals surface area contributed by atoms with E-state index in [1.54, 1.807) is 6.07 Å². The Hall–Kier alpha value is -1.55. The summed E-state index contributed by atoms with van der Waals surface area (Å²) in [5.74, 6) is 0. The third-order valence-electron chi connectivity index (χ3n) is 2.85. The maximum absolute atomic E-state index is 5.83. The number of hydrogen-bond donors (Lipinski definition) is 1. The number of pyridine rings is 1. The van der Waals surface area contributed by atoms with Crippen LogP contribution in [0.1, 0.15) is 23.9 Å². The van der Waals surface area contributed by atoms with Crippen molar-refractivity contribution in [2.24, 2.45) is 7.05 Å². The molecule has 4 nitrogen and oxygen atoms in total. The second-order valence-corrected chi connectivity index (χ2v) is 4.64. The first kappa shape index (κ1) is 12.9. The Bertz CT molecular complexity index is 548. The van der Waals surface area contributed by atoms with Gasteiger partial charge in [0.1, 0.15) is 5.15 Å². The van der Waals surface area contributed by atoms with Crippen molar-refractivity contribution in [1.82, 2.24) is 14.8 Å². The molecular weight excluding hydrogens is 248 g/mol. The third kappa shape index (κ3) is 2.82. The van der Waals surface area contributed by atoms with Crippen molar-refractivity contribution in [2.75, 3.05) is 5.32 Å². The first-order chi connectivity index (χ1) is 8.60. The van der Waals surface area contributed by atoms with Crippen molar-refractivity contribution in [3.05, 3.63) is 40.4 Å². The van der Waals surface area contributed by atoms with Crippen LogP contribution < -0.4 is 5.32 Å². The van der Waals surface area contributed by atoms with Gasteiger partial charge in [-0.1, -0.05) is 18.5 Å². The minimum Gasteiger partial charge on any atom is -0.379 e. The maximum atomic E-state index is 5.83. The van der Waals surface area contributed by atoms with Crippen molar-refractivity contribution in [3.63, 3.8) is 0 Å². The van der Waals surface area contributed by atoms with Crippen LogP contribution >= 0.6 is 11.6 Å². The van der Waals surface area contributed by atoms with Gasteiger partial charge in [-0.25, -0.2) is 4.98 Å². The summed E-state index contributed by atoms with van der Waals surface area (Å²) in [4.78, 5) is 4.22. The maximum Gasteiger partial charge on any atom is 0.129 e. The highest BCUT2D eigenvalue weighted by Crippen LogP contribution is 2.17. The highest BCUT2D eigenvalue weighted by atomic mass is 35.5. The summed E-state index contributed by atoms with van der Waals surface area (Å²) >= 11 is 5.83. The Morgan fingerprint density at radius 2 is 2.17 bits per heavy atom. The lowest BCUT2D eigenvalue weighted by Crippen LogP contribution is -2.03. The van der Waals surface area contributed by atoms with Crippen LogP contribution in [0.5, 0.6) is 0 Å². The Labute approximate surface area is 112 Å². The number of nitrogens with zero attached hydrogens (tertiary/aromatic N) is 3. The van der Waals surface area contributed by atoms with Gasteiger partial charge in [0.05, 0.1) is 17.1 Å². The lowest BCUT2D eigenvalue weighted by molar-refractivity contribution is 0.746. The van der Waals surface area contributed by atoms with E-state index in [2.05, 4.69) is 22.3 Å². The van der Waals surface area contributed by atoms with Crippen LogP contribution in [0.2, 0.25) is 5.15 Å². The van der Waals surface area contributed by atoms with Crippen LogP contribution in [0, 0.1) is 6.92 Å². The molecule has 96 valence electrons. The summed E-state index contributed by atoms with van der Waals surface area (Å²) in [6.45, 7) is 4.81. The number of hydrogen-bond acceptors (Lipinski definition) is 3. The van der Waals surface area contributed by atoms with Gasteiger partial charge >= 0.3 is 0 Å². The standard InChI is InChI=1S/C13H17ClN4/c1-4-11-10(8-18(3)17-11)7-15-12-5-6-13(14)16-9(12)2/h5-6,8,15H,4,7H2,1-3H3. The molecule has 0 bridgehead atoms. The monoisotopic (exact) mass is 264 g/mol. The molecule has 18 heavy (non-hydrogen) atoms. The van der Waals surface area contributed by atoms with Gasteiger partial charge in [-0.3, -0.25) is 4.68 Å². The molecule has 0 saturated carbocycles. The number of aryl methyl sites for hydroxylation is 3. The molecular formula is C13H17ClN4. The van der Waals surface area contributed by atoms with Crippen molar-refractivity contribution in [2.45, 2.75) is 26.8 Å². The fraction of sp³-hybridized carbons (Fsp3) is 0.385. The predicted octanol–water partition coefficient (Wildman–Crippen LogP) is 2.95.